The first-order valence-electron chi connectivity index (χ1n) is 8.98. The van der Waals surface area contributed by atoms with Gasteiger partial charge in [0.1, 0.15) is 0 Å². The molecular weight excluding hydrogens is 359 g/mol. The summed E-state index contributed by atoms with van der Waals surface area (Å²) in [6, 6.07) is 4.47. The van der Waals surface area contributed by atoms with E-state index in [1.165, 1.54) is 18.2 Å². The van der Waals surface area contributed by atoms with Gasteiger partial charge in [0.15, 0.2) is 6.61 Å². The number of ether oxygens (including phenoxy) is 1. The first-order valence-corrected chi connectivity index (χ1v) is 8.98. The highest BCUT2D eigenvalue weighted by Gasteiger charge is 2.30. The Balaban J connectivity index is 1.78. The van der Waals surface area contributed by atoms with Crippen molar-refractivity contribution in [3.05, 3.63) is 41.5 Å². The van der Waals surface area contributed by atoms with Gasteiger partial charge < -0.3 is 10.1 Å². The lowest BCUT2D eigenvalue weighted by atomic mass is 9.78. The maximum absolute atomic E-state index is 12.5. The summed E-state index contributed by atoms with van der Waals surface area (Å²) in [7, 11) is 0. The molecule has 0 radical (unpaired) electrons. The van der Waals surface area contributed by atoms with E-state index in [0.717, 1.165) is 37.5 Å². The third-order valence-corrected chi connectivity index (χ3v) is 5.05. The number of carbonyl (C=O) groups is 2. The summed E-state index contributed by atoms with van der Waals surface area (Å²) in [5, 5.41) is 2.90. The Kier molecular flexibility index (Phi) is 7.05. The predicted molar refractivity (Wildman–Crippen MR) is 95.5 cm³/mol. The number of amides is 1. The SMILES string of the molecule is C[C@H]1[C@@H](NC(=O)COC(=O)/C=C/c2ccc(C(F)(F)F)cc2)CCC[C@@H]1C. The van der Waals surface area contributed by atoms with E-state index in [0.29, 0.717) is 17.4 Å². The average Bonchev–Trinajstić information content (AvgIpc) is 2.61. The maximum atomic E-state index is 12.5. The minimum absolute atomic E-state index is 0.0858. The molecule has 1 N–H and O–H groups in total. The second-order valence-electron chi connectivity index (χ2n) is 7.00. The molecule has 1 aliphatic carbocycles. The largest absolute Gasteiger partial charge is 0.452 e. The van der Waals surface area contributed by atoms with Crippen LogP contribution in [0.3, 0.4) is 0 Å². The fourth-order valence-corrected chi connectivity index (χ4v) is 3.17. The zero-order valence-corrected chi connectivity index (χ0v) is 15.4. The van der Waals surface area contributed by atoms with E-state index in [4.69, 9.17) is 4.74 Å². The van der Waals surface area contributed by atoms with E-state index in [-0.39, 0.29) is 18.6 Å². The number of hydrogen-bond acceptors (Lipinski definition) is 3. The van der Waals surface area contributed by atoms with Crippen molar-refractivity contribution in [2.24, 2.45) is 11.8 Å². The van der Waals surface area contributed by atoms with Crippen LogP contribution < -0.4 is 5.32 Å². The summed E-state index contributed by atoms with van der Waals surface area (Å²) in [5.41, 5.74) is -0.334. The summed E-state index contributed by atoms with van der Waals surface area (Å²) in [6.07, 6.45) is 1.15. The molecule has 0 saturated heterocycles. The number of nitrogens with one attached hydrogen (secondary N) is 1. The number of alkyl halides is 3. The molecule has 0 aliphatic heterocycles. The Labute approximate surface area is 156 Å². The number of hydrogen-bond donors (Lipinski definition) is 1. The highest BCUT2D eigenvalue weighted by atomic mass is 19.4. The molecule has 1 aromatic rings. The molecule has 0 unspecified atom stereocenters. The van der Waals surface area contributed by atoms with Gasteiger partial charge in [-0.1, -0.05) is 38.8 Å². The summed E-state index contributed by atoms with van der Waals surface area (Å²) in [5.74, 6) is -0.163. The summed E-state index contributed by atoms with van der Waals surface area (Å²) < 4.78 is 42.4. The van der Waals surface area contributed by atoms with Crippen molar-refractivity contribution in [3.8, 4) is 0 Å². The Hall–Kier alpha value is -2.31. The molecule has 0 aromatic heterocycles. The minimum atomic E-state index is -4.40. The molecule has 0 heterocycles. The highest BCUT2D eigenvalue weighted by molar-refractivity contribution is 5.89. The van der Waals surface area contributed by atoms with E-state index in [1.807, 2.05) is 0 Å². The van der Waals surface area contributed by atoms with Crippen LogP contribution in [0.15, 0.2) is 30.3 Å². The van der Waals surface area contributed by atoms with Crippen molar-refractivity contribution in [2.75, 3.05) is 6.61 Å². The Morgan fingerprint density at radius 3 is 2.48 bits per heavy atom. The van der Waals surface area contributed by atoms with Gasteiger partial charge in [-0.3, -0.25) is 4.79 Å². The fraction of sp³-hybridized carbons (Fsp3) is 0.500. The zero-order valence-electron chi connectivity index (χ0n) is 15.4. The molecule has 3 atom stereocenters. The van der Waals surface area contributed by atoms with Gasteiger partial charge in [0.05, 0.1) is 5.56 Å². The number of halogens is 3. The molecule has 7 heteroatoms. The van der Waals surface area contributed by atoms with E-state index >= 15 is 0 Å². The molecule has 1 aromatic carbocycles. The Morgan fingerprint density at radius 1 is 1.19 bits per heavy atom. The van der Waals surface area contributed by atoms with Crippen LogP contribution in [0.2, 0.25) is 0 Å². The van der Waals surface area contributed by atoms with Crippen LogP contribution in [-0.4, -0.2) is 24.5 Å². The molecule has 1 saturated carbocycles. The molecule has 4 nitrogen and oxygen atoms in total. The second-order valence-corrected chi connectivity index (χ2v) is 7.00. The molecule has 1 aliphatic rings. The topological polar surface area (TPSA) is 55.4 Å². The van der Waals surface area contributed by atoms with Crippen molar-refractivity contribution in [3.63, 3.8) is 0 Å². The zero-order chi connectivity index (χ0) is 20.0. The maximum Gasteiger partial charge on any atom is 0.416 e. The Bertz CT molecular complexity index is 683. The first kappa shape index (κ1) is 21.0. The van der Waals surface area contributed by atoms with Crippen molar-refractivity contribution in [1.82, 2.24) is 5.32 Å². The van der Waals surface area contributed by atoms with Crippen molar-refractivity contribution in [1.29, 1.82) is 0 Å². The van der Waals surface area contributed by atoms with Crippen LogP contribution in [0, 0.1) is 11.8 Å². The van der Waals surface area contributed by atoms with Gasteiger partial charge >= 0.3 is 12.1 Å². The van der Waals surface area contributed by atoms with Gasteiger partial charge in [0.2, 0.25) is 0 Å². The number of esters is 1. The van der Waals surface area contributed by atoms with Crippen molar-refractivity contribution >= 4 is 18.0 Å². The molecule has 0 spiro atoms. The summed E-state index contributed by atoms with van der Waals surface area (Å²) in [6.45, 7) is 3.89. The molecule has 27 heavy (non-hydrogen) atoms. The molecule has 1 fully saturated rings. The van der Waals surface area contributed by atoms with Gasteiger partial charge in [0, 0.05) is 12.1 Å². The highest BCUT2D eigenvalue weighted by Crippen LogP contribution is 2.30. The van der Waals surface area contributed by atoms with Crippen molar-refractivity contribution < 1.29 is 27.5 Å². The quantitative estimate of drug-likeness (QED) is 0.612. The lowest BCUT2D eigenvalue weighted by molar-refractivity contribution is -0.144. The first-order chi connectivity index (χ1) is 12.7. The van der Waals surface area contributed by atoms with Gasteiger partial charge in [0.25, 0.3) is 5.91 Å². The number of benzene rings is 1. The molecule has 1 amide bonds. The van der Waals surface area contributed by atoms with Gasteiger partial charge in [-0.2, -0.15) is 13.2 Å². The second kappa shape index (κ2) is 9.06. The monoisotopic (exact) mass is 383 g/mol. The minimum Gasteiger partial charge on any atom is -0.452 e. The molecular formula is C20H24F3NO3. The van der Waals surface area contributed by atoms with Crippen LogP contribution in [-0.2, 0) is 20.5 Å². The smallest absolute Gasteiger partial charge is 0.416 e. The van der Waals surface area contributed by atoms with Gasteiger partial charge in [-0.15, -0.1) is 0 Å². The number of carbonyl (C=O) groups excluding carboxylic acids is 2. The van der Waals surface area contributed by atoms with Crippen LogP contribution >= 0.6 is 0 Å². The molecule has 2 rings (SSSR count). The van der Waals surface area contributed by atoms with Gasteiger partial charge in [-0.05, 0) is 42.0 Å². The van der Waals surface area contributed by atoms with Crippen LogP contribution in [0.25, 0.3) is 6.08 Å². The fourth-order valence-electron chi connectivity index (χ4n) is 3.17. The average molecular weight is 383 g/mol. The third kappa shape index (κ3) is 6.41. The molecule has 148 valence electrons. The van der Waals surface area contributed by atoms with E-state index in [9.17, 15) is 22.8 Å². The van der Waals surface area contributed by atoms with E-state index in [1.54, 1.807) is 0 Å². The standard InChI is InChI=1S/C20H24F3NO3/c1-13-4-3-5-17(14(13)2)24-18(25)12-27-19(26)11-8-15-6-9-16(10-7-15)20(21,22)23/h6-11,13-14,17H,3-5,12H2,1-2H3,(H,24,25)/b11-8+/t13-,14+,17-/m0/s1. The predicted octanol–water partition coefficient (Wildman–Crippen LogP) is 4.20. The van der Waals surface area contributed by atoms with Crippen molar-refractivity contribution in [2.45, 2.75) is 45.3 Å². The third-order valence-electron chi connectivity index (χ3n) is 5.05. The Morgan fingerprint density at radius 2 is 1.85 bits per heavy atom. The van der Waals surface area contributed by atoms with Gasteiger partial charge in [-0.25, -0.2) is 4.79 Å². The van der Waals surface area contributed by atoms with E-state index < -0.39 is 17.7 Å². The normalized spacial score (nSPS) is 23.2. The molecule has 0 bridgehead atoms. The van der Waals surface area contributed by atoms with Crippen LogP contribution in [0.1, 0.15) is 44.2 Å². The number of rotatable bonds is 5. The van der Waals surface area contributed by atoms with Crippen LogP contribution in [0.4, 0.5) is 13.2 Å². The van der Waals surface area contributed by atoms with E-state index in [2.05, 4.69) is 19.2 Å². The summed E-state index contributed by atoms with van der Waals surface area (Å²) >= 11 is 0. The lowest BCUT2D eigenvalue weighted by Gasteiger charge is -2.34. The summed E-state index contributed by atoms with van der Waals surface area (Å²) in [4.78, 5) is 23.6. The lowest BCUT2D eigenvalue weighted by Crippen LogP contribution is -2.45. The van der Waals surface area contributed by atoms with Crippen LogP contribution in [0.5, 0.6) is 0 Å².